The van der Waals surface area contributed by atoms with Gasteiger partial charge in [0.05, 0.1) is 5.76 Å². The smallest absolute Gasteiger partial charge is 0.162 e. The summed E-state index contributed by atoms with van der Waals surface area (Å²) in [5, 5.41) is 9.36. The lowest BCUT2D eigenvalue weighted by Crippen LogP contribution is -2.52. The number of allylic oxidation sites excluding steroid dienone is 2. The van der Waals surface area contributed by atoms with Crippen LogP contribution in [-0.4, -0.2) is 10.9 Å². The molecule has 3 rings (SSSR count). The van der Waals surface area contributed by atoms with Gasteiger partial charge in [-0.25, -0.2) is 0 Å². The molecule has 0 spiro atoms. The van der Waals surface area contributed by atoms with Crippen LogP contribution in [0.4, 0.5) is 0 Å². The lowest BCUT2D eigenvalue weighted by Gasteiger charge is -2.53. The molecular formula is C9H12O2. The molecule has 2 nitrogen and oxygen atoms in total. The zero-order chi connectivity index (χ0) is 8.22. The number of aliphatic hydroxyl groups is 1. The van der Waals surface area contributed by atoms with Crippen molar-refractivity contribution in [3.05, 3.63) is 11.8 Å². The highest BCUT2D eigenvalue weighted by Crippen LogP contribution is 2.57. The van der Waals surface area contributed by atoms with Crippen LogP contribution >= 0.6 is 0 Å². The van der Waals surface area contributed by atoms with E-state index in [9.17, 15) is 9.90 Å². The van der Waals surface area contributed by atoms with Crippen LogP contribution in [-0.2, 0) is 4.79 Å². The van der Waals surface area contributed by atoms with E-state index < -0.39 is 0 Å². The molecule has 0 amide bonds. The van der Waals surface area contributed by atoms with Crippen molar-refractivity contribution in [3.8, 4) is 0 Å². The first-order valence-corrected chi connectivity index (χ1v) is 3.98. The topological polar surface area (TPSA) is 37.3 Å². The lowest BCUT2D eigenvalue weighted by molar-refractivity contribution is -0.136. The summed E-state index contributed by atoms with van der Waals surface area (Å²) in [5.41, 5.74) is 0.00984. The molecule has 0 aromatic rings. The van der Waals surface area contributed by atoms with Crippen molar-refractivity contribution in [2.24, 2.45) is 17.3 Å². The number of aliphatic hydroxyl groups excluding tert-OH is 1. The number of hydrogen-bond acceptors (Lipinski definition) is 2. The van der Waals surface area contributed by atoms with Crippen LogP contribution < -0.4 is 0 Å². The molecule has 2 heteroatoms. The average molecular weight is 152 g/mol. The number of hydrogen-bond donors (Lipinski definition) is 1. The molecule has 0 aromatic carbocycles. The second-order valence-electron chi connectivity index (χ2n) is 4.13. The summed E-state index contributed by atoms with van der Waals surface area (Å²) in [5.74, 6) is 0.811. The van der Waals surface area contributed by atoms with Crippen molar-refractivity contribution in [2.75, 3.05) is 0 Å². The van der Waals surface area contributed by atoms with E-state index in [1.165, 1.54) is 6.08 Å². The van der Waals surface area contributed by atoms with Crippen LogP contribution in [0.2, 0.25) is 0 Å². The first-order valence-electron chi connectivity index (χ1n) is 3.98. The number of carbonyl (C=O) groups excluding carboxylic acids is 1. The average Bonchev–Trinajstić information content (AvgIpc) is 1.84. The first-order chi connectivity index (χ1) is 5.03. The van der Waals surface area contributed by atoms with E-state index in [0.29, 0.717) is 5.76 Å². The summed E-state index contributed by atoms with van der Waals surface area (Å²) in [6.45, 7) is 4.10. The van der Waals surface area contributed by atoms with Crippen molar-refractivity contribution in [1.82, 2.24) is 0 Å². The Morgan fingerprint density at radius 1 is 1.55 bits per heavy atom. The molecule has 0 aliphatic heterocycles. The van der Waals surface area contributed by atoms with Crippen molar-refractivity contribution in [2.45, 2.75) is 20.3 Å². The summed E-state index contributed by atoms with van der Waals surface area (Å²) < 4.78 is 0. The number of fused-ring (bicyclic) bond motifs is 1. The molecule has 1 N–H and O–H groups in total. The zero-order valence-corrected chi connectivity index (χ0v) is 6.79. The Morgan fingerprint density at radius 2 is 2.18 bits per heavy atom. The van der Waals surface area contributed by atoms with Gasteiger partial charge in [-0.1, -0.05) is 13.8 Å². The minimum absolute atomic E-state index is 0.00984. The van der Waals surface area contributed by atoms with Gasteiger partial charge >= 0.3 is 0 Å². The Balaban J connectivity index is 2.42. The number of carbonyl (C=O) groups is 1. The van der Waals surface area contributed by atoms with Gasteiger partial charge in [-0.05, 0) is 11.8 Å². The summed E-state index contributed by atoms with van der Waals surface area (Å²) in [6.07, 6.45) is 2.25. The molecule has 2 bridgehead atoms. The molecule has 11 heavy (non-hydrogen) atoms. The second-order valence-corrected chi connectivity index (χ2v) is 4.13. The second kappa shape index (κ2) is 1.68. The summed E-state index contributed by atoms with van der Waals surface area (Å²) in [6, 6.07) is 0. The molecule has 0 heterocycles. The minimum atomic E-state index is 0.00984. The standard InChI is InChI=1S/C9H12O2/c1-9(2)5-3-6(9)8(11)4-7(5)10/h4-6,10H,3H2,1-2H3. The molecule has 0 radical (unpaired) electrons. The molecule has 1 saturated carbocycles. The van der Waals surface area contributed by atoms with E-state index in [0.717, 1.165) is 6.42 Å². The molecule has 2 unspecified atom stereocenters. The van der Waals surface area contributed by atoms with Crippen LogP contribution in [0.3, 0.4) is 0 Å². The maximum absolute atomic E-state index is 11.2. The van der Waals surface area contributed by atoms with Gasteiger partial charge in [-0.2, -0.15) is 0 Å². The maximum atomic E-state index is 11.2. The van der Waals surface area contributed by atoms with E-state index >= 15 is 0 Å². The van der Waals surface area contributed by atoms with Crippen molar-refractivity contribution < 1.29 is 9.90 Å². The number of ketones is 1. The molecule has 0 saturated heterocycles. The van der Waals surface area contributed by atoms with Crippen molar-refractivity contribution in [3.63, 3.8) is 0 Å². The Bertz CT molecular complexity index is 250. The summed E-state index contributed by atoms with van der Waals surface area (Å²) >= 11 is 0. The maximum Gasteiger partial charge on any atom is 0.162 e. The highest BCUT2D eigenvalue weighted by Gasteiger charge is 2.55. The third-order valence-electron chi connectivity index (χ3n) is 3.26. The fraction of sp³-hybridized carbons (Fsp3) is 0.667. The van der Waals surface area contributed by atoms with Crippen LogP contribution in [0.25, 0.3) is 0 Å². The summed E-state index contributed by atoms with van der Waals surface area (Å²) in [7, 11) is 0. The Morgan fingerprint density at radius 3 is 2.55 bits per heavy atom. The monoisotopic (exact) mass is 152 g/mol. The van der Waals surface area contributed by atoms with Gasteiger partial charge < -0.3 is 5.11 Å². The highest BCUT2D eigenvalue weighted by atomic mass is 16.3. The first kappa shape index (κ1) is 6.89. The molecule has 1 fully saturated rings. The van der Waals surface area contributed by atoms with Crippen LogP contribution in [0.15, 0.2) is 11.8 Å². The fourth-order valence-electron chi connectivity index (χ4n) is 2.26. The van der Waals surface area contributed by atoms with Gasteiger partial charge in [0.2, 0.25) is 0 Å². The molecule has 60 valence electrons. The summed E-state index contributed by atoms with van der Waals surface area (Å²) in [4.78, 5) is 11.2. The van der Waals surface area contributed by atoms with Crippen LogP contribution in [0.1, 0.15) is 20.3 Å². The fourth-order valence-corrected chi connectivity index (χ4v) is 2.26. The number of rotatable bonds is 0. The highest BCUT2D eigenvalue weighted by molar-refractivity contribution is 5.95. The van der Waals surface area contributed by atoms with Crippen LogP contribution in [0.5, 0.6) is 0 Å². The lowest BCUT2D eigenvalue weighted by atomic mass is 9.50. The largest absolute Gasteiger partial charge is 0.512 e. The van der Waals surface area contributed by atoms with Crippen LogP contribution in [0, 0.1) is 17.3 Å². The third kappa shape index (κ3) is 0.647. The molecule has 2 atom stereocenters. The van der Waals surface area contributed by atoms with Crippen molar-refractivity contribution in [1.29, 1.82) is 0 Å². The van der Waals surface area contributed by atoms with E-state index in [-0.39, 0.29) is 23.0 Å². The SMILES string of the molecule is CC1(C)C2CC1C(O)=CC2=O. The molecule has 0 aromatic heterocycles. The third-order valence-corrected chi connectivity index (χ3v) is 3.26. The predicted octanol–water partition coefficient (Wildman–Crippen LogP) is 1.67. The van der Waals surface area contributed by atoms with Gasteiger partial charge in [0.25, 0.3) is 0 Å². The quantitative estimate of drug-likeness (QED) is 0.573. The van der Waals surface area contributed by atoms with E-state index in [1.807, 2.05) is 13.8 Å². The van der Waals surface area contributed by atoms with Gasteiger partial charge in [0.1, 0.15) is 0 Å². The Kier molecular flexibility index (Phi) is 1.05. The molecule has 3 aliphatic carbocycles. The van der Waals surface area contributed by atoms with Gasteiger partial charge in [-0.3, -0.25) is 4.79 Å². The van der Waals surface area contributed by atoms with E-state index in [1.54, 1.807) is 0 Å². The Hall–Kier alpha value is -0.790. The van der Waals surface area contributed by atoms with Crippen molar-refractivity contribution >= 4 is 5.78 Å². The van der Waals surface area contributed by atoms with Gasteiger partial charge in [0, 0.05) is 17.9 Å². The van der Waals surface area contributed by atoms with E-state index in [4.69, 9.17) is 0 Å². The molecular weight excluding hydrogens is 140 g/mol. The zero-order valence-electron chi connectivity index (χ0n) is 6.79. The normalized spacial score (nSPS) is 39.5. The Labute approximate surface area is 65.9 Å². The molecule has 3 aliphatic rings. The van der Waals surface area contributed by atoms with E-state index in [2.05, 4.69) is 0 Å². The minimum Gasteiger partial charge on any atom is -0.512 e. The predicted molar refractivity (Wildman–Crippen MR) is 41.1 cm³/mol. The van der Waals surface area contributed by atoms with Gasteiger partial charge in [0.15, 0.2) is 5.78 Å². The van der Waals surface area contributed by atoms with Gasteiger partial charge in [-0.15, -0.1) is 0 Å².